The molecule has 0 radical (unpaired) electrons. The molecule has 0 saturated heterocycles. The molecule has 0 bridgehead atoms. The molecule has 3 aromatic carbocycles. The second-order valence-electron chi connectivity index (χ2n) is 6.94. The molecule has 1 heterocycles. The van der Waals surface area contributed by atoms with E-state index in [1.165, 1.54) is 0 Å². The third-order valence-electron chi connectivity index (χ3n) is 5.09. The maximum Gasteiger partial charge on any atom is 0.420 e. The van der Waals surface area contributed by atoms with Gasteiger partial charge in [-0.1, -0.05) is 12.1 Å². The Kier molecular flexibility index (Phi) is 5.80. The van der Waals surface area contributed by atoms with Gasteiger partial charge in [-0.15, -0.1) is 0 Å². The van der Waals surface area contributed by atoms with E-state index in [1.54, 1.807) is 25.9 Å². The Morgan fingerprint density at radius 3 is 1.90 bits per heavy atom. The van der Waals surface area contributed by atoms with Gasteiger partial charge in [0.2, 0.25) is 0 Å². The molecule has 0 fully saturated rings. The molecule has 0 saturated carbocycles. The molecule has 0 aliphatic rings. The van der Waals surface area contributed by atoms with Crippen molar-refractivity contribution in [1.29, 1.82) is 0 Å². The highest BCUT2D eigenvalue weighted by Gasteiger charge is 2.20. The molecule has 0 amide bonds. The first-order valence-corrected chi connectivity index (χ1v) is 9.78. The average molecular weight is 417 g/mol. The summed E-state index contributed by atoms with van der Waals surface area (Å²) in [4.78, 5) is 12.9. The predicted molar refractivity (Wildman–Crippen MR) is 119 cm³/mol. The minimum Gasteiger partial charge on any atom is -0.497 e. The van der Waals surface area contributed by atoms with E-state index in [4.69, 9.17) is 18.6 Å². The molecule has 4 aromatic rings. The molecule has 0 N–H and O–H groups in total. The predicted octanol–water partition coefficient (Wildman–Crippen LogP) is 4.85. The smallest absolute Gasteiger partial charge is 0.420 e. The van der Waals surface area contributed by atoms with Crippen LogP contribution in [0.3, 0.4) is 0 Å². The fourth-order valence-electron chi connectivity index (χ4n) is 3.48. The SMILES string of the molecule is COc1ccc(-c2oc(=O)n(Cc3cccc(OC)c3)c2-c2ccc(OC)cc2)cc1. The normalized spacial score (nSPS) is 10.7. The van der Waals surface area contributed by atoms with Crippen LogP contribution >= 0.6 is 0 Å². The van der Waals surface area contributed by atoms with Crippen LogP contribution in [-0.4, -0.2) is 25.9 Å². The quantitative estimate of drug-likeness (QED) is 0.430. The summed E-state index contributed by atoms with van der Waals surface area (Å²) in [6, 6.07) is 22.6. The second-order valence-corrected chi connectivity index (χ2v) is 6.94. The van der Waals surface area contributed by atoms with Crippen LogP contribution in [0.1, 0.15) is 5.56 Å². The topological polar surface area (TPSA) is 62.8 Å². The van der Waals surface area contributed by atoms with Crippen molar-refractivity contribution in [1.82, 2.24) is 4.57 Å². The number of hydrogen-bond acceptors (Lipinski definition) is 5. The molecule has 158 valence electrons. The Balaban J connectivity index is 1.86. The molecule has 0 atom stereocenters. The largest absolute Gasteiger partial charge is 0.497 e. The van der Waals surface area contributed by atoms with Crippen molar-refractivity contribution < 1.29 is 18.6 Å². The summed E-state index contributed by atoms with van der Waals surface area (Å²) >= 11 is 0. The maximum absolute atomic E-state index is 12.9. The van der Waals surface area contributed by atoms with Crippen LogP contribution in [0.25, 0.3) is 22.6 Å². The van der Waals surface area contributed by atoms with Crippen LogP contribution in [0.2, 0.25) is 0 Å². The number of aromatic nitrogens is 1. The molecule has 4 rings (SSSR count). The van der Waals surface area contributed by atoms with E-state index in [-0.39, 0.29) is 0 Å². The average Bonchev–Trinajstić information content (AvgIpc) is 3.15. The van der Waals surface area contributed by atoms with Gasteiger partial charge in [-0.2, -0.15) is 0 Å². The summed E-state index contributed by atoms with van der Waals surface area (Å²) in [5.74, 6) is 2.27. The summed E-state index contributed by atoms with van der Waals surface area (Å²) < 4.78 is 23.2. The standard InChI is InChI=1S/C25H23NO5/c1-28-20-11-7-18(8-12-20)23-24(19-9-13-21(29-2)14-10-19)31-25(27)26(23)16-17-5-4-6-22(15-17)30-3/h4-15H,16H2,1-3H3. The Bertz CT molecular complexity index is 1220. The van der Waals surface area contributed by atoms with Crippen LogP contribution in [0, 0.1) is 0 Å². The van der Waals surface area contributed by atoms with E-state index >= 15 is 0 Å². The van der Waals surface area contributed by atoms with Crippen LogP contribution in [0.5, 0.6) is 17.2 Å². The van der Waals surface area contributed by atoms with Gasteiger partial charge in [-0.05, 0) is 66.2 Å². The van der Waals surface area contributed by atoms with Gasteiger partial charge >= 0.3 is 5.76 Å². The fourth-order valence-corrected chi connectivity index (χ4v) is 3.48. The summed E-state index contributed by atoms with van der Waals surface area (Å²) in [6.07, 6.45) is 0. The van der Waals surface area contributed by atoms with Gasteiger partial charge in [0.05, 0.1) is 33.6 Å². The van der Waals surface area contributed by atoms with E-state index in [0.29, 0.717) is 18.0 Å². The molecule has 6 heteroatoms. The van der Waals surface area contributed by atoms with Gasteiger partial charge in [0, 0.05) is 11.1 Å². The minimum atomic E-state index is -0.431. The molecular weight excluding hydrogens is 394 g/mol. The van der Waals surface area contributed by atoms with Crippen molar-refractivity contribution in [2.45, 2.75) is 6.54 Å². The lowest BCUT2D eigenvalue weighted by Crippen LogP contribution is -2.16. The Labute approximate surface area is 180 Å². The van der Waals surface area contributed by atoms with Crippen molar-refractivity contribution >= 4 is 0 Å². The zero-order chi connectivity index (χ0) is 21.8. The summed E-state index contributed by atoms with van der Waals surface area (Å²) in [5, 5.41) is 0. The van der Waals surface area contributed by atoms with Crippen LogP contribution < -0.4 is 20.0 Å². The minimum absolute atomic E-state index is 0.344. The summed E-state index contributed by atoms with van der Waals surface area (Å²) in [7, 11) is 4.85. The zero-order valence-electron chi connectivity index (χ0n) is 17.6. The Hall–Kier alpha value is -3.93. The number of nitrogens with zero attached hydrogens (tertiary/aromatic N) is 1. The lowest BCUT2D eigenvalue weighted by molar-refractivity contribution is 0.414. The van der Waals surface area contributed by atoms with Crippen molar-refractivity contribution in [2.75, 3.05) is 21.3 Å². The van der Waals surface area contributed by atoms with Crippen molar-refractivity contribution in [3.63, 3.8) is 0 Å². The molecule has 31 heavy (non-hydrogen) atoms. The highest BCUT2D eigenvalue weighted by Crippen LogP contribution is 2.34. The van der Waals surface area contributed by atoms with E-state index in [9.17, 15) is 4.79 Å². The third-order valence-corrected chi connectivity index (χ3v) is 5.09. The van der Waals surface area contributed by atoms with Crippen molar-refractivity contribution in [2.24, 2.45) is 0 Å². The van der Waals surface area contributed by atoms with Gasteiger partial charge < -0.3 is 18.6 Å². The van der Waals surface area contributed by atoms with Gasteiger partial charge in [0.25, 0.3) is 0 Å². The Morgan fingerprint density at radius 2 is 1.32 bits per heavy atom. The van der Waals surface area contributed by atoms with E-state index in [1.807, 2.05) is 72.8 Å². The number of oxazole rings is 1. The lowest BCUT2D eigenvalue weighted by atomic mass is 10.0. The van der Waals surface area contributed by atoms with Gasteiger partial charge in [-0.25, -0.2) is 4.79 Å². The molecule has 1 aromatic heterocycles. The van der Waals surface area contributed by atoms with Crippen molar-refractivity contribution in [3.05, 3.63) is 88.9 Å². The van der Waals surface area contributed by atoms with Crippen LogP contribution in [0.4, 0.5) is 0 Å². The fraction of sp³-hybridized carbons (Fsp3) is 0.160. The van der Waals surface area contributed by atoms with E-state index < -0.39 is 5.76 Å². The molecule has 6 nitrogen and oxygen atoms in total. The maximum atomic E-state index is 12.9. The first-order valence-electron chi connectivity index (χ1n) is 9.78. The molecule has 0 spiro atoms. The number of ether oxygens (including phenoxy) is 3. The van der Waals surface area contributed by atoms with E-state index in [0.717, 1.165) is 33.9 Å². The molecule has 0 aliphatic carbocycles. The van der Waals surface area contributed by atoms with Crippen LogP contribution in [0.15, 0.2) is 82.0 Å². The number of benzene rings is 3. The third kappa shape index (κ3) is 4.19. The number of hydrogen-bond donors (Lipinski definition) is 0. The highest BCUT2D eigenvalue weighted by molar-refractivity contribution is 5.77. The van der Waals surface area contributed by atoms with Gasteiger partial charge in [0.15, 0.2) is 5.76 Å². The summed E-state index contributed by atoms with van der Waals surface area (Å²) in [5.41, 5.74) is 3.26. The number of methoxy groups -OCH3 is 3. The Morgan fingerprint density at radius 1 is 0.742 bits per heavy atom. The highest BCUT2D eigenvalue weighted by atomic mass is 16.5. The van der Waals surface area contributed by atoms with Gasteiger partial charge in [0.1, 0.15) is 17.2 Å². The number of rotatable bonds is 7. The second kappa shape index (κ2) is 8.83. The van der Waals surface area contributed by atoms with E-state index in [2.05, 4.69) is 0 Å². The van der Waals surface area contributed by atoms with Crippen LogP contribution in [-0.2, 0) is 6.54 Å². The first kappa shape index (κ1) is 20.3. The zero-order valence-corrected chi connectivity index (χ0v) is 17.6. The lowest BCUT2D eigenvalue weighted by Gasteiger charge is -2.11. The molecule has 0 unspecified atom stereocenters. The molecular formula is C25H23NO5. The first-order chi connectivity index (χ1) is 15.1. The monoisotopic (exact) mass is 417 g/mol. The van der Waals surface area contributed by atoms with Crippen molar-refractivity contribution in [3.8, 4) is 39.8 Å². The molecule has 0 aliphatic heterocycles. The van der Waals surface area contributed by atoms with Gasteiger partial charge in [-0.3, -0.25) is 4.57 Å². The summed E-state index contributed by atoms with van der Waals surface area (Å²) in [6.45, 7) is 0.344.